The van der Waals surface area contributed by atoms with E-state index < -0.39 is 10.0 Å². The Morgan fingerprint density at radius 2 is 1.65 bits per heavy atom. The van der Waals surface area contributed by atoms with Crippen LogP contribution >= 0.6 is 11.6 Å². The van der Waals surface area contributed by atoms with Gasteiger partial charge in [-0.2, -0.15) is 4.31 Å². The van der Waals surface area contributed by atoms with E-state index in [1.54, 1.807) is 0 Å². The van der Waals surface area contributed by atoms with Crippen molar-refractivity contribution in [3.8, 4) is 0 Å². The van der Waals surface area contributed by atoms with Crippen LogP contribution in [0.3, 0.4) is 0 Å². The standard InChI is InChI=1S/C19H29ClN2O3S/c1-13(2)18(14(3)4)21-19(23)16-12-15(8-9-17(16)20)26(24,25)22-10-6-5-7-11-22/h8-9,12-14,18H,5-7,10-11H2,1-4H3,(H,21,23). The van der Waals surface area contributed by atoms with Crippen molar-refractivity contribution < 1.29 is 13.2 Å². The number of hydrogen-bond donors (Lipinski definition) is 1. The number of nitrogens with one attached hydrogen (secondary N) is 1. The summed E-state index contributed by atoms with van der Waals surface area (Å²) in [5.74, 6) is 0.189. The highest BCUT2D eigenvalue weighted by Crippen LogP contribution is 2.25. The Morgan fingerprint density at radius 1 is 1.08 bits per heavy atom. The van der Waals surface area contributed by atoms with Gasteiger partial charge in [-0.1, -0.05) is 45.7 Å². The fourth-order valence-corrected chi connectivity index (χ4v) is 5.17. The summed E-state index contributed by atoms with van der Waals surface area (Å²) in [4.78, 5) is 12.9. The Hall–Kier alpha value is -1.11. The van der Waals surface area contributed by atoms with Gasteiger partial charge in [0.1, 0.15) is 0 Å². The van der Waals surface area contributed by atoms with Crippen molar-refractivity contribution >= 4 is 27.5 Å². The summed E-state index contributed by atoms with van der Waals surface area (Å²) in [5.41, 5.74) is 0.205. The maximum atomic E-state index is 12.9. The van der Waals surface area contributed by atoms with Gasteiger partial charge >= 0.3 is 0 Å². The second-order valence-corrected chi connectivity index (χ2v) is 9.94. The number of benzene rings is 1. The van der Waals surface area contributed by atoms with E-state index in [1.807, 2.05) is 27.7 Å². The summed E-state index contributed by atoms with van der Waals surface area (Å²) in [5, 5.41) is 3.26. The number of hydrogen-bond acceptors (Lipinski definition) is 3. The molecule has 1 aromatic rings. The molecule has 1 amide bonds. The van der Waals surface area contributed by atoms with Crippen LogP contribution in [0.1, 0.15) is 57.3 Å². The summed E-state index contributed by atoms with van der Waals surface area (Å²) >= 11 is 6.20. The normalized spacial score (nSPS) is 16.5. The van der Waals surface area contributed by atoms with Gasteiger partial charge in [-0.05, 0) is 42.9 Å². The van der Waals surface area contributed by atoms with Crippen LogP contribution in [0.4, 0.5) is 0 Å². The number of halogens is 1. The second-order valence-electron chi connectivity index (χ2n) is 7.59. The summed E-state index contributed by atoms with van der Waals surface area (Å²) in [6.07, 6.45) is 2.78. The maximum Gasteiger partial charge on any atom is 0.253 e. The predicted molar refractivity (Wildman–Crippen MR) is 105 cm³/mol. The lowest BCUT2D eigenvalue weighted by Gasteiger charge is -2.27. The molecule has 0 atom stereocenters. The molecule has 1 fully saturated rings. The molecule has 1 N–H and O–H groups in total. The lowest BCUT2D eigenvalue weighted by molar-refractivity contribution is 0.0910. The smallest absolute Gasteiger partial charge is 0.253 e. The van der Waals surface area contributed by atoms with Crippen LogP contribution in [-0.4, -0.2) is 37.8 Å². The van der Waals surface area contributed by atoms with Crippen molar-refractivity contribution in [1.82, 2.24) is 9.62 Å². The summed E-state index contributed by atoms with van der Waals surface area (Å²) in [6, 6.07) is 4.36. The fraction of sp³-hybridized carbons (Fsp3) is 0.632. The predicted octanol–water partition coefficient (Wildman–Crippen LogP) is 3.93. The van der Waals surface area contributed by atoms with Gasteiger partial charge in [0, 0.05) is 19.1 Å². The van der Waals surface area contributed by atoms with E-state index in [4.69, 9.17) is 11.6 Å². The van der Waals surface area contributed by atoms with Crippen molar-refractivity contribution in [1.29, 1.82) is 0 Å². The third kappa shape index (κ3) is 4.78. The third-order valence-electron chi connectivity index (χ3n) is 4.87. The number of amides is 1. The third-order valence-corrected chi connectivity index (χ3v) is 7.09. The minimum atomic E-state index is -3.60. The number of sulfonamides is 1. The Morgan fingerprint density at radius 3 is 2.19 bits per heavy atom. The maximum absolute atomic E-state index is 12.9. The number of carbonyl (C=O) groups excluding carboxylic acids is 1. The molecule has 0 radical (unpaired) electrons. The average Bonchev–Trinajstić information content (AvgIpc) is 2.59. The minimum absolute atomic E-state index is 0.0130. The zero-order valence-electron chi connectivity index (χ0n) is 16.0. The lowest BCUT2D eigenvalue weighted by Crippen LogP contribution is -2.42. The van der Waals surface area contributed by atoms with E-state index in [0.717, 1.165) is 19.3 Å². The molecule has 0 aliphatic carbocycles. The first-order chi connectivity index (χ1) is 12.1. The van der Waals surface area contributed by atoms with Gasteiger partial charge in [-0.3, -0.25) is 4.79 Å². The summed E-state index contributed by atoms with van der Waals surface area (Å²) in [6.45, 7) is 9.23. The van der Waals surface area contributed by atoms with Crippen LogP contribution in [0.25, 0.3) is 0 Å². The molecule has 1 aliphatic rings. The zero-order valence-corrected chi connectivity index (χ0v) is 17.5. The Kier molecular flexibility index (Phi) is 7.11. The molecule has 0 saturated carbocycles. The molecule has 0 bridgehead atoms. The lowest BCUT2D eigenvalue weighted by atomic mass is 9.93. The molecule has 0 spiro atoms. The first kappa shape index (κ1) is 21.2. The molecule has 0 aromatic heterocycles. The van der Waals surface area contributed by atoms with E-state index in [9.17, 15) is 13.2 Å². The quantitative estimate of drug-likeness (QED) is 0.786. The first-order valence-electron chi connectivity index (χ1n) is 9.25. The van der Waals surface area contributed by atoms with Gasteiger partial charge in [0.05, 0.1) is 15.5 Å². The van der Waals surface area contributed by atoms with Crippen molar-refractivity contribution in [2.45, 2.75) is 57.9 Å². The van der Waals surface area contributed by atoms with Gasteiger partial charge in [0.25, 0.3) is 5.91 Å². The molecule has 1 aromatic carbocycles. The van der Waals surface area contributed by atoms with Crippen LogP contribution in [0.15, 0.2) is 23.1 Å². The molecule has 5 nitrogen and oxygen atoms in total. The molecular weight excluding hydrogens is 372 g/mol. The van der Waals surface area contributed by atoms with Crippen molar-refractivity contribution in [2.24, 2.45) is 11.8 Å². The van der Waals surface area contributed by atoms with Crippen molar-refractivity contribution in [3.05, 3.63) is 28.8 Å². The van der Waals surface area contributed by atoms with Gasteiger partial charge in [0.15, 0.2) is 0 Å². The zero-order chi connectivity index (χ0) is 19.5. The fourth-order valence-electron chi connectivity index (χ4n) is 3.43. The number of rotatable bonds is 6. The van der Waals surface area contributed by atoms with E-state index in [2.05, 4.69) is 5.32 Å². The highest BCUT2D eigenvalue weighted by atomic mass is 35.5. The average molecular weight is 401 g/mol. The summed E-state index contributed by atoms with van der Waals surface area (Å²) in [7, 11) is -3.60. The highest BCUT2D eigenvalue weighted by molar-refractivity contribution is 7.89. The van der Waals surface area contributed by atoms with Crippen molar-refractivity contribution in [3.63, 3.8) is 0 Å². The topological polar surface area (TPSA) is 66.5 Å². The molecule has 1 heterocycles. The number of nitrogens with zero attached hydrogens (tertiary/aromatic N) is 1. The SMILES string of the molecule is CC(C)C(NC(=O)c1cc(S(=O)(=O)N2CCCCC2)ccc1Cl)C(C)C. The van der Waals surface area contributed by atoms with Crippen LogP contribution < -0.4 is 5.32 Å². The van der Waals surface area contributed by atoms with Gasteiger partial charge in [0.2, 0.25) is 10.0 Å². The van der Waals surface area contributed by atoms with Crippen LogP contribution in [0.2, 0.25) is 5.02 Å². The molecule has 146 valence electrons. The molecule has 1 saturated heterocycles. The van der Waals surface area contributed by atoms with E-state index >= 15 is 0 Å². The van der Waals surface area contributed by atoms with Gasteiger partial charge in [-0.15, -0.1) is 0 Å². The van der Waals surface area contributed by atoms with Gasteiger partial charge in [-0.25, -0.2) is 8.42 Å². The largest absolute Gasteiger partial charge is 0.349 e. The first-order valence-corrected chi connectivity index (χ1v) is 11.1. The van der Waals surface area contributed by atoms with Crippen LogP contribution in [0.5, 0.6) is 0 Å². The monoisotopic (exact) mass is 400 g/mol. The Bertz CT molecular complexity index is 733. The van der Waals surface area contributed by atoms with E-state index in [0.29, 0.717) is 13.1 Å². The number of carbonyl (C=O) groups is 1. The minimum Gasteiger partial charge on any atom is -0.349 e. The molecule has 0 unspecified atom stereocenters. The van der Waals surface area contributed by atoms with Crippen molar-refractivity contribution in [2.75, 3.05) is 13.1 Å². The molecule has 1 aliphatic heterocycles. The summed E-state index contributed by atoms with van der Waals surface area (Å²) < 4.78 is 27.2. The number of piperidine rings is 1. The molecular formula is C19H29ClN2O3S. The van der Waals surface area contributed by atoms with Crippen LogP contribution in [-0.2, 0) is 10.0 Å². The molecule has 2 rings (SSSR count). The molecule has 7 heteroatoms. The Balaban J connectivity index is 2.30. The van der Waals surface area contributed by atoms with E-state index in [1.165, 1.54) is 22.5 Å². The molecule has 26 heavy (non-hydrogen) atoms. The van der Waals surface area contributed by atoms with E-state index in [-0.39, 0.29) is 39.3 Å². The highest BCUT2D eigenvalue weighted by Gasteiger charge is 2.28. The Labute approximate surface area is 162 Å². The van der Waals surface area contributed by atoms with Gasteiger partial charge < -0.3 is 5.32 Å². The van der Waals surface area contributed by atoms with Crippen LogP contribution in [0, 0.1) is 11.8 Å². The second kappa shape index (κ2) is 8.72.